The average molecular weight is 223 g/mol. The van der Waals surface area contributed by atoms with Crippen molar-refractivity contribution < 1.29 is 0 Å². The lowest BCUT2D eigenvalue weighted by Crippen LogP contribution is -2.36. The van der Waals surface area contributed by atoms with Gasteiger partial charge in [-0.15, -0.1) is 0 Å². The predicted molar refractivity (Wildman–Crippen MR) is 70.5 cm³/mol. The van der Waals surface area contributed by atoms with Gasteiger partial charge in [0.15, 0.2) is 0 Å². The van der Waals surface area contributed by atoms with E-state index in [4.69, 9.17) is 0 Å². The number of nitrogens with one attached hydrogen (secondary N) is 1. The Hall–Kier alpha value is -0.0400. The Kier molecular flexibility index (Phi) is 4.69. The molecule has 2 atom stereocenters. The molecule has 0 aromatic carbocycles. The highest BCUT2D eigenvalue weighted by Gasteiger charge is 2.26. The minimum Gasteiger partial charge on any atom is -0.313 e. The third-order valence-corrected chi connectivity index (χ3v) is 4.99. The summed E-state index contributed by atoms with van der Waals surface area (Å²) in [6.45, 7) is 6.06. The SMILES string of the molecule is CCC1CCCC1NCC1CCC(C)CC1. The van der Waals surface area contributed by atoms with E-state index >= 15 is 0 Å². The second kappa shape index (κ2) is 6.05. The van der Waals surface area contributed by atoms with Gasteiger partial charge in [0, 0.05) is 6.04 Å². The minimum atomic E-state index is 0.851. The van der Waals surface area contributed by atoms with Gasteiger partial charge < -0.3 is 5.32 Å². The highest BCUT2D eigenvalue weighted by Crippen LogP contribution is 2.30. The van der Waals surface area contributed by atoms with Crippen LogP contribution in [0, 0.1) is 17.8 Å². The molecule has 1 N–H and O–H groups in total. The van der Waals surface area contributed by atoms with Crippen LogP contribution < -0.4 is 5.32 Å². The molecular weight excluding hydrogens is 194 g/mol. The van der Waals surface area contributed by atoms with Gasteiger partial charge in [-0.05, 0) is 50.0 Å². The summed E-state index contributed by atoms with van der Waals surface area (Å²) >= 11 is 0. The van der Waals surface area contributed by atoms with E-state index in [1.807, 2.05) is 0 Å². The van der Waals surface area contributed by atoms with E-state index in [0.29, 0.717) is 0 Å². The van der Waals surface area contributed by atoms with Crippen molar-refractivity contribution in [2.24, 2.45) is 17.8 Å². The number of rotatable bonds is 4. The lowest BCUT2D eigenvalue weighted by Gasteiger charge is -2.28. The van der Waals surface area contributed by atoms with E-state index in [1.54, 1.807) is 0 Å². The molecule has 0 saturated heterocycles. The van der Waals surface area contributed by atoms with Gasteiger partial charge >= 0.3 is 0 Å². The van der Waals surface area contributed by atoms with Crippen LogP contribution in [0.2, 0.25) is 0 Å². The van der Waals surface area contributed by atoms with E-state index < -0.39 is 0 Å². The molecule has 2 rings (SSSR count). The molecule has 2 saturated carbocycles. The molecule has 1 heteroatoms. The van der Waals surface area contributed by atoms with Crippen LogP contribution in [0.25, 0.3) is 0 Å². The van der Waals surface area contributed by atoms with E-state index in [1.165, 1.54) is 57.9 Å². The van der Waals surface area contributed by atoms with Crippen molar-refractivity contribution in [2.75, 3.05) is 6.54 Å². The predicted octanol–water partition coefficient (Wildman–Crippen LogP) is 3.98. The molecule has 0 amide bonds. The molecule has 2 fully saturated rings. The quantitative estimate of drug-likeness (QED) is 0.760. The zero-order valence-corrected chi connectivity index (χ0v) is 11.2. The Balaban J connectivity index is 1.67. The van der Waals surface area contributed by atoms with E-state index in [-0.39, 0.29) is 0 Å². The molecule has 94 valence electrons. The Morgan fingerprint density at radius 1 is 1.00 bits per heavy atom. The normalized spacial score (nSPS) is 40.1. The molecule has 2 aliphatic carbocycles. The van der Waals surface area contributed by atoms with Crippen LogP contribution in [-0.2, 0) is 0 Å². The first-order chi connectivity index (χ1) is 7.79. The molecule has 0 radical (unpaired) electrons. The topological polar surface area (TPSA) is 12.0 Å². The third kappa shape index (κ3) is 3.23. The van der Waals surface area contributed by atoms with Gasteiger partial charge in [-0.3, -0.25) is 0 Å². The maximum absolute atomic E-state index is 3.87. The van der Waals surface area contributed by atoms with Crippen molar-refractivity contribution in [3.05, 3.63) is 0 Å². The average Bonchev–Trinajstić information content (AvgIpc) is 2.76. The minimum absolute atomic E-state index is 0.851. The zero-order valence-electron chi connectivity index (χ0n) is 11.2. The van der Waals surface area contributed by atoms with Crippen molar-refractivity contribution in [1.82, 2.24) is 5.32 Å². The van der Waals surface area contributed by atoms with Crippen LogP contribution >= 0.6 is 0 Å². The molecule has 0 aromatic heterocycles. The summed E-state index contributed by atoms with van der Waals surface area (Å²) in [6, 6.07) is 0.851. The summed E-state index contributed by atoms with van der Waals surface area (Å²) in [5.74, 6) is 2.95. The molecule has 0 heterocycles. The molecule has 0 spiro atoms. The van der Waals surface area contributed by atoms with Gasteiger partial charge in [0.25, 0.3) is 0 Å². The molecule has 0 aliphatic heterocycles. The lowest BCUT2D eigenvalue weighted by molar-refractivity contribution is 0.264. The summed E-state index contributed by atoms with van der Waals surface area (Å²) in [6.07, 6.45) is 11.6. The monoisotopic (exact) mass is 223 g/mol. The van der Waals surface area contributed by atoms with Crippen LogP contribution in [-0.4, -0.2) is 12.6 Å². The second-order valence-corrected chi connectivity index (χ2v) is 6.24. The maximum atomic E-state index is 3.87. The van der Waals surface area contributed by atoms with Crippen molar-refractivity contribution in [1.29, 1.82) is 0 Å². The van der Waals surface area contributed by atoms with E-state index in [0.717, 1.165) is 23.8 Å². The van der Waals surface area contributed by atoms with Gasteiger partial charge in [-0.25, -0.2) is 0 Å². The molecule has 2 unspecified atom stereocenters. The van der Waals surface area contributed by atoms with Gasteiger partial charge in [0.05, 0.1) is 0 Å². The fourth-order valence-corrected chi connectivity index (χ4v) is 3.65. The smallest absolute Gasteiger partial charge is 0.00953 e. The van der Waals surface area contributed by atoms with Crippen LogP contribution in [0.1, 0.15) is 65.2 Å². The van der Waals surface area contributed by atoms with Gasteiger partial charge in [0.2, 0.25) is 0 Å². The van der Waals surface area contributed by atoms with Gasteiger partial charge in [0.1, 0.15) is 0 Å². The van der Waals surface area contributed by atoms with Crippen molar-refractivity contribution in [2.45, 2.75) is 71.3 Å². The van der Waals surface area contributed by atoms with Crippen LogP contribution in [0.3, 0.4) is 0 Å². The summed E-state index contributed by atoms with van der Waals surface area (Å²) in [5.41, 5.74) is 0. The highest BCUT2D eigenvalue weighted by molar-refractivity contribution is 4.83. The largest absolute Gasteiger partial charge is 0.313 e. The molecule has 0 aromatic rings. The molecule has 0 bridgehead atoms. The fraction of sp³-hybridized carbons (Fsp3) is 1.00. The summed E-state index contributed by atoms with van der Waals surface area (Å²) < 4.78 is 0. The van der Waals surface area contributed by atoms with Crippen molar-refractivity contribution >= 4 is 0 Å². The highest BCUT2D eigenvalue weighted by atomic mass is 14.9. The van der Waals surface area contributed by atoms with Crippen LogP contribution in [0.5, 0.6) is 0 Å². The van der Waals surface area contributed by atoms with E-state index in [2.05, 4.69) is 19.2 Å². The standard InChI is InChI=1S/C15H29N/c1-3-14-5-4-6-15(14)16-11-13-9-7-12(2)8-10-13/h12-16H,3-11H2,1-2H3. The Bertz CT molecular complexity index is 194. The molecule has 1 nitrogen and oxygen atoms in total. The number of hydrogen-bond donors (Lipinski definition) is 1. The summed E-state index contributed by atoms with van der Waals surface area (Å²) in [5, 5.41) is 3.87. The first kappa shape index (κ1) is 12.4. The van der Waals surface area contributed by atoms with Crippen molar-refractivity contribution in [3.63, 3.8) is 0 Å². The summed E-state index contributed by atoms with van der Waals surface area (Å²) in [4.78, 5) is 0. The molecule has 16 heavy (non-hydrogen) atoms. The first-order valence-corrected chi connectivity index (χ1v) is 7.53. The molecule has 2 aliphatic rings. The maximum Gasteiger partial charge on any atom is 0.00953 e. The Morgan fingerprint density at radius 3 is 2.44 bits per heavy atom. The number of hydrogen-bond acceptors (Lipinski definition) is 1. The first-order valence-electron chi connectivity index (χ1n) is 7.53. The van der Waals surface area contributed by atoms with Gasteiger partial charge in [-0.1, -0.05) is 39.5 Å². The Morgan fingerprint density at radius 2 is 1.75 bits per heavy atom. The van der Waals surface area contributed by atoms with Crippen molar-refractivity contribution in [3.8, 4) is 0 Å². The third-order valence-electron chi connectivity index (χ3n) is 4.99. The van der Waals surface area contributed by atoms with Crippen LogP contribution in [0.4, 0.5) is 0 Å². The zero-order chi connectivity index (χ0) is 11.4. The van der Waals surface area contributed by atoms with E-state index in [9.17, 15) is 0 Å². The second-order valence-electron chi connectivity index (χ2n) is 6.24. The summed E-state index contributed by atoms with van der Waals surface area (Å²) in [7, 11) is 0. The Labute approximate surface area is 101 Å². The fourth-order valence-electron chi connectivity index (χ4n) is 3.65. The van der Waals surface area contributed by atoms with Gasteiger partial charge in [-0.2, -0.15) is 0 Å². The molecular formula is C15H29N. The lowest BCUT2D eigenvalue weighted by atomic mass is 9.83. The van der Waals surface area contributed by atoms with Crippen LogP contribution in [0.15, 0.2) is 0 Å².